The number of para-hydroxylation sites is 1. The van der Waals surface area contributed by atoms with Crippen molar-refractivity contribution in [3.05, 3.63) is 53.3 Å². The lowest BCUT2D eigenvalue weighted by Crippen LogP contribution is -2.44. The normalized spacial score (nSPS) is 15.9. The Morgan fingerprint density at radius 1 is 1.23 bits per heavy atom. The van der Waals surface area contributed by atoms with Gasteiger partial charge in [0.05, 0.1) is 28.0 Å². The molecule has 0 atom stereocenters. The third kappa shape index (κ3) is 2.46. The molecule has 0 saturated carbocycles. The first kappa shape index (κ1) is 13.7. The minimum Gasteiger partial charge on any atom is -0.495 e. The van der Waals surface area contributed by atoms with Crippen LogP contribution in [-0.4, -0.2) is 35.1 Å². The molecular weight excluding hydrogens is 294 g/mol. The van der Waals surface area contributed by atoms with E-state index in [4.69, 9.17) is 9.72 Å². The molecule has 0 N–H and O–H groups in total. The van der Waals surface area contributed by atoms with Crippen LogP contribution >= 0.6 is 11.3 Å². The molecule has 3 aromatic rings. The van der Waals surface area contributed by atoms with Crippen molar-refractivity contribution in [3.63, 3.8) is 0 Å². The summed E-state index contributed by atoms with van der Waals surface area (Å²) in [7, 11) is 1.69. The van der Waals surface area contributed by atoms with Crippen molar-refractivity contribution in [2.24, 2.45) is 0 Å². The van der Waals surface area contributed by atoms with E-state index in [1.54, 1.807) is 7.11 Å². The van der Waals surface area contributed by atoms with Gasteiger partial charge >= 0.3 is 0 Å². The van der Waals surface area contributed by atoms with Gasteiger partial charge in [-0.15, -0.1) is 11.3 Å². The van der Waals surface area contributed by atoms with Gasteiger partial charge in [0.25, 0.3) is 0 Å². The van der Waals surface area contributed by atoms with Crippen molar-refractivity contribution in [2.45, 2.75) is 12.5 Å². The summed E-state index contributed by atoms with van der Waals surface area (Å²) in [6.07, 6.45) is 1.82. The summed E-state index contributed by atoms with van der Waals surface area (Å²) in [5.41, 5.74) is 2.13. The minimum absolute atomic E-state index is 0.548. The van der Waals surface area contributed by atoms with Crippen LogP contribution in [0.5, 0.6) is 5.75 Å². The highest BCUT2D eigenvalue weighted by molar-refractivity contribution is 7.18. The van der Waals surface area contributed by atoms with Crippen molar-refractivity contribution < 1.29 is 4.74 Å². The molecule has 1 fully saturated rings. The minimum atomic E-state index is 0.548. The van der Waals surface area contributed by atoms with Crippen LogP contribution in [0.15, 0.2) is 42.6 Å². The van der Waals surface area contributed by atoms with Crippen LogP contribution < -0.4 is 4.74 Å². The van der Waals surface area contributed by atoms with Gasteiger partial charge in [0.2, 0.25) is 0 Å². The number of rotatable bonds is 4. The zero-order valence-electron chi connectivity index (χ0n) is 12.4. The van der Waals surface area contributed by atoms with E-state index in [0.717, 1.165) is 36.6 Å². The molecule has 0 unspecified atom stereocenters. The maximum atomic E-state index is 5.37. The summed E-state index contributed by atoms with van der Waals surface area (Å²) < 4.78 is 6.65. The number of thiazole rings is 1. The fourth-order valence-corrected chi connectivity index (χ4v) is 3.91. The van der Waals surface area contributed by atoms with Crippen LogP contribution in [0.4, 0.5) is 0 Å². The van der Waals surface area contributed by atoms with Gasteiger partial charge in [-0.1, -0.05) is 12.1 Å². The Balaban J connectivity index is 1.43. The molecule has 4 nitrogen and oxygen atoms in total. The molecule has 22 heavy (non-hydrogen) atoms. The average Bonchev–Trinajstić information content (AvgIpc) is 2.94. The first-order chi connectivity index (χ1) is 10.8. The smallest absolute Gasteiger partial charge is 0.141 e. The second-order valence-corrected chi connectivity index (χ2v) is 6.63. The van der Waals surface area contributed by atoms with Crippen molar-refractivity contribution in [3.8, 4) is 5.75 Å². The van der Waals surface area contributed by atoms with Gasteiger partial charge in [0, 0.05) is 31.7 Å². The quantitative estimate of drug-likeness (QED) is 0.741. The zero-order chi connectivity index (χ0) is 14.9. The number of ether oxygens (including phenoxy) is 1. The maximum absolute atomic E-state index is 5.37. The van der Waals surface area contributed by atoms with E-state index >= 15 is 0 Å². The topological polar surface area (TPSA) is 38.2 Å². The lowest BCUT2D eigenvalue weighted by molar-refractivity contribution is 0.136. The standard InChI is InChI=1S/C17H17N3OS/c1-21-15-6-4-8-18-14(15)11-20-9-12(10-20)17-19-13-5-2-3-7-16(13)22-17/h2-8,12H,9-11H2,1H3. The molecule has 0 aliphatic carbocycles. The largest absolute Gasteiger partial charge is 0.495 e. The Kier molecular flexibility index (Phi) is 3.52. The lowest BCUT2D eigenvalue weighted by atomic mass is 10.0. The zero-order valence-corrected chi connectivity index (χ0v) is 13.2. The number of hydrogen-bond donors (Lipinski definition) is 0. The number of fused-ring (bicyclic) bond motifs is 1. The van der Waals surface area contributed by atoms with E-state index in [0.29, 0.717) is 5.92 Å². The Bertz CT molecular complexity index is 762. The second kappa shape index (κ2) is 5.66. The van der Waals surface area contributed by atoms with Crippen LogP contribution in [0.25, 0.3) is 10.2 Å². The molecule has 2 aromatic heterocycles. The molecule has 1 saturated heterocycles. The number of methoxy groups -OCH3 is 1. The van der Waals surface area contributed by atoms with Crippen LogP contribution in [-0.2, 0) is 6.54 Å². The number of pyridine rings is 1. The van der Waals surface area contributed by atoms with Gasteiger partial charge < -0.3 is 4.74 Å². The molecule has 1 aliphatic rings. The molecular formula is C17H17N3OS. The number of benzene rings is 1. The highest BCUT2D eigenvalue weighted by Crippen LogP contribution is 2.34. The number of aromatic nitrogens is 2. The molecule has 5 heteroatoms. The van der Waals surface area contributed by atoms with Gasteiger partial charge in [0.1, 0.15) is 5.75 Å². The van der Waals surface area contributed by atoms with Crippen molar-refractivity contribution in [1.29, 1.82) is 0 Å². The second-order valence-electron chi connectivity index (χ2n) is 5.56. The Labute approximate surface area is 133 Å². The lowest BCUT2D eigenvalue weighted by Gasteiger charge is -2.38. The predicted molar refractivity (Wildman–Crippen MR) is 88.4 cm³/mol. The SMILES string of the molecule is COc1cccnc1CN1CC(c2nc3ccccc3s2)C1. The summed E-state index contributed by atoms with van der Waals surface area (Å²) in [4.78, 5) is 11.6. The van der Waals surface area contributed by atoms with Crippen molar-refractivity contribution >= 4 is 21.6 Å². The average molecular weight is 311 g/mol. The monoisotopic (exact) mass is 311 g/mol. The Hall–Kier alpha value is -1.98. The van der Waals surface area contributed by atoms with Crippen LogP contribution in [0.3, 0.4) is 0 Å². The van der Waals surface area contributed by atoms with E-state index in [1.165, 1.54) is 9.71 Å². The van der Waals surface area contributed by atoms with Crippen molar-refractivity contribution in [1.82, 2.24) is 14.9 Å². The van der Waals surface area contributed by atoms with Gasteiger partial charge in [-0.2, -0.15) is 0 Å². The summed E-state index contributed by atoms with van der Waals surface area (Å²) in [5.74, 6) is 1.41. The third-order valence-electron chi connectivity index (χ3n) is 4.06. The molecule has 0 bridgehead atoms. The highest BCUT2D eigenvalue weighted by Gasteiger charge is 2.31. The molecule has 1 aliphatic heterocycles. The number of hydrogen-bond acceptors (Lipinski definition) is 5. The Morgan fingerprint density at radius 2 is 2.09 bits per heavy atom. The first-order valence-electron chi connectivity index (χ1n) is 7.39. The Morgan fingerprint density at radius 3 is 2.91 bits per heavy atom. The maximum Gasteiger partial charge on any atom is 0.141 e. The van der Waals surface area contributed by atoms with Gasteiger partial charge in [-0.25, -0.2) is 4.98 Å². The third-order valence-corrected chi connectivity index (χ3v) is 5.26. The van der Waals surface area contributed by atoms with Crippen LogP contribution in [0, 0.1) is 0 Å². The summed E-state index contributed by atoms with van der Waals surface area (Å²) in [6.45, 7) is 2.92. The molecule has 1 aromatic carbocycles. The molecule has 0 radical (unpaired) electrons. The molecule has 0 amide bonds. The van der Waals surface area contributed by atoms with E-state index in [9.17, 15) is 0 Å². The fraction of sp³-hybridized carbons (Fsp3) is 0.294. The van der Waals surface area contributed by atoms with E-state index in [-0.39, 0.29) is 0 Å². The number of likely N-dealkylation sites (tertiary alicyclic amines) is 1. The fourth-order valence-electron chi connectivity index (χ4n) is 2.86. The summed E-state index contributed by atoms with van der Waals surface area (Å²) in [5, 5.41) is 1.26. The number of nitrogens with zero attached hydrogens (tertiary/aromatic N) is 3. The first-order valence-corrected chi connectivity index (χ1v) is 8.21. The molecule has 3 heterocycles. The summed E-state index contributed by atoms with van der Waals surface area (Å²) >= 11 is 1.82. The van der Waals surface area contributed by atoms with Gasteiger partial charge in [-0.3, -0.25) is 9.88 Å². The van der Waals surface area contributed by atoms with Gasteiger partial charge in [-0.05, 0) is 24.3 Å². The van der Waals surface area contributed by atoms with Crippen LogP contribution in [0.1, 0.15) is 16.6 Å². The molecule has 4 rings (SSSR count). The van der Waals surface area contributed by atoms with E-state index < -0.39 is 0 Å². The summed E-state index contributed by atoms with van der Waals surface area (Å²) in [6, 6.07) is 12.2. The highest BCUT2D eigenvalue weighted by atomic mass is 32.1. The molecule has 112 valence electrons. The van der Waals surface area contributed by atoms with E-state index in [1.807, 2.05) is 35.7 Å². The molecule has 0 spiro atoms. The van der Waals surface area contributed by atoms with Gasteiger partial charge in [0.15, 0.2) is 0 Å². The predicted octanol–water partition coefficient (Wildman–Crippen LogP) is 3.30. The van der Waals surface area contributed by atoms with Crippen molar-refractivity contribution in [2.75, 3.05) is 20.2 Å². The van der Waals surface area contributed by atoms with E-state index in [2.05, 4.69) is 28.1 Å². The van der Waals surface area contributed by atoms with Crippen LogP contribution in [0.2, 0.25) is 0 Å².